The van der Waals surface area contributed by atoms with Crippen molar-refractivity contribution in [1.29, 1.82) is 0 Å². The summed E-state index contributed by atoms with van der Waals surface area (Å²) in [7, 11) is -2.69. The number of sulfonamides is 1. The van der Waals surface area contributed by atoms with Crippen LogP contribution < -0.4 is 5.11 Å². The maximum atomic E-state index is 12.4. The normalized spacial score (nSPS) is 19.9. The van der Waals surface area contributed by atoms with Gasteiger partial charge in [-0.05, 0) is 18.9 Å². The van der Waals surface area contributed by atoms with E-state index in [-0.39, 0.29) is 23.5 Å². The number of aliphatic carboxylic acids is 1. The van der Waals surface area contributed by atoms with Crippen LogP contribution >= 0.6 is 0 Å². The van der Waals surface area contributed by atoms with E-state index in [1.165, 1.54) is 31.3 Å². The Hall–Kier alpha value is -1.80. The molecule has 0 aliphatic carbocycles. The molecule has 108 valence electrons. The molecule has 0 unspecified atom stereocenters. The number of nitrogens with zero attached hydrogens (tertiary/aromatic N) is 2. The first-order valence-corrected chi connectivity index (χ1v) is 7.51. The summed E-state index contributed by atoms with van der Waals surface area (Å²) < 4.78 is 26.3. The number of hydrogen-bond acceptors (Lipinski definition) is 5. The number of carboxylic acids is 1. The van der Waals surface area contributed by atoms with E-state index in [1.807, 2.05) is 0 Å². The van der Waals surface area contributed by atoms with Crippen molar-refractivity contribution >= 4 is 21.7 Å². The lowest BCUT2D eigenvalue weighted by Crippen LogP contribution is -2.46. The molecule has 0 spiro atoms. The van der Waals surface area contributed by atoms with Crippen molar-refractivity contribution in [2.45, 2.75) is 23.8 Å². The highest BCUT2D eigenvalue weighted by atomic mass is 32.2. The standard InChI is InChI=1S/C12H14N2O5S/c1-13(17)9-4-2-5-10(8-9)20(18,19)14-7-3-6-11(14)12(15)16/h2,4-5,8,11H,3,6-7H2,1H3/t11-/m0/s1. The highest BCUT2D eigenvalue weighted by Gasteiger charge is 2.36. The first kappa shape index (κ1) is 14.6. The van der Waals surface area contributed by atoms with Gasteiger partial charge in [0.1, 0.15) is 0 Å². The van der Waals surface area contributed by atoms with Gasteiger partial charge in [0.25, 0.3) is 5.69 Å². The molecular formula is C12H14N2O5S. The van der Waals surface area contributed by atoms with Gasteiger partial charge in [-0.2, -0.15) is 4.31 Å². The van der Waals surface area contributed by atoms with Crippen LogP contribution in [0.4, 0.5) is 5.69 Å². The summed E-state index contributed by atoms with van der Waals surface area (Å²) in [6, 6.07) is 4.35. The second kappa shape index (κ2) is 5.29. The molecule has 2 rings (SSSR count). The predicted molar refractivity (Wildman–Crippen MR) is 67.6 cm³/mol. The zero-order valence-electron chi connectivity index (χ0n) is 10.9. The number of rotatable bonds is 4. The Morgan fingerprint density at radius 3 is 2.75 bits per heavy atom. The molecular weight excluding hydrogens is 284 g/mol. The maximum Gasteiger partial charge on any atom is 0.256 e. The monoisotopic (exact) mass is 298 g/mol. The molecule has 0 radical (unpaired) electrons. The van der Waals surface area contributed by atoms with Gasteiger partial charge in [0, 0.05) is 28.3 Å². The van der Waals surface area contributed by atoms with Gasteiger partial charge in [-0.1, -0.05) is 6.07 Å². The van der Waals surface area contributed by atoms with Gasteiger partial charge in [-0.3, -0.25) is 0 Å². The van der Waals surface area contributed by atoms with E-state index >= 15 is 0 Å². The summed E-state index contributed by atoms with van der Waals surface area (Å²) in [6.45, 7) is 0.137. The third-order valence-corrected chi connectivity index (χ3v) is 5.17. The van der Waals surface area contributed by atoms with E-state index in [0.29, 0.717) is 11.2 Å². The average molecular weight is 298 g/mol. The molecule has 1 heterocycles. The van der Waals surface area contributed by atoms with Crippen molar-refractivity contribution < 1.29 is 23.1 Å². The van der Waals surface area contributed by atoms with Gasteiger partial charge in [0.2, 0.25) is 10.0 Å². The van der Waals surface area contributed by atoms with Crippen LogP contribution in [-0.4, -0.2) is 43.1 Å². The quantitative estimate of drug-likeness (QED) is 0.706. The molecule has 1 aromatic carbocycles. The fourth-order valence-corrected chi connectivity index (χ4v) is 3.93. The molecule has 0 aromatic heterocycles. The predicted octanol–water partition coefficient (Wildman–Crippen LogP) is -0.370. The summed E-state index contributed by atoms with van der Waals surface area (Å²) >= 11 is 0. The van der Waals surface area contributed by atoms with E-state index in [4.69, 9.17) is 0 Å². The zero-order chi connectivity index (χ0) is 14.9. The fourth-order valence-electron chi connectivity index (χ4n) is 2.24. The minimum atomic E-state index is -3.94. The largest absolute Gasteiger partial charge is 0.548 e. The van der Waals surface area contributed by atoms with E-state index < -0.39 is 22.0 Å². The van der Waals surface area contributed by atoms with Crippen molar-refractivity contribution in [2.24, 2.45) is 0 Å². The molecule has 1 fully saturated rings. The van der Waals surface area contributed by atoms with Gasteiger partial charge in [-0.25, -0.2) is 8.42 Å². The Labute approximate surface area is 116 Å². The first-order chi connectivity index (χ1) is 9.34. The summed E-state index contributed by atoms with van der Waals surface area (Å²) in [5, 5.41) is 11.0. The van der Waals surface area contributed by atoms with Gasteiger partial charge >= 0.3 is 0 Å². The molecule has 1 aliphatic heterocycles. The molecule has 20 heavy (non-hydrogen) atoms. The van der Waals surface area contributed by atoms with Crippen molar-refractivity contribution in [3.8, 4) is 0 Å². The average Bonchev–Trinajstić information content (AvgIpc) is 2.89. The van der Waals surface area contributed by atoms with Crippen LogP contribution in [-0.2, 0) is 14.8 Å². The fraction of sp³-hybridized carbons (Fsp3) is 0.417. The van der Waals surface area contributed by atoms with Crippen LogP contribution in [0.15, 0.2) is 29.2 Å². The van der Waals surface area contributed by atoms with Crippen molar-refractivity contribution in [2.75, 3.05) is 13.6 Å². The number of hydrogen-bond donors (Lipinski definition) is 0. The second-order valence-electron chi connectivity index (χ2n) is 4.59. The van der Waals surface area contributed by atoms with Crippen molar-refractivity contribution in [1.82, 2.24) is 4.31 Å². The molecule has 1 saturated heterocycles. The summed E-state index contributed by atoms with van der Waals surface area (Å²) in [4.78, 5) is 22.1. The van der Waals surface area contributed by atoms with E-state index in [1.54, 1.807) is 0 Å². The highest BCUT2D eigenvalue weighted by molar-refractivity contribution is 7.89. The molecule has 0 bridgehead atoms. The van der Waals surface area contributed by atoms with Crippen LogP contribution in [0.5, 0.6) is 0 Å². The Balaban J connectivity index is 2.42. The molecule has 0 N–H and O–H groups in total. The van der Waals surface area contributed by atoms with Crippen molar-refractivity contribution in [3.63, 3.8) is 0 Å². The minimum absolute atomic E-state index is 0.0918. The Morgan fingerprint density at radius 1 is 1.45 bits per heavy atom. The summed E-state index contributed by atoms with van der Waals surface area (Å²) in [6.07, 6.45) is 0.710. The minimum Gasteiger partial charge on any atom is -0.548 e. The second-order valence-corrected chi connectivity index (χ2v) is 6.48. The Kier molecular flexibility index (Phi) is 3.87. The SMILES string of the molecule is C[N+](=O)c1cccc(S(=O)(=O)N2CCC[C@H]2C(=O)[O-])c1. The molecule has 8 heteroatoms. The third-order valence-electron chi connectivity index (χ3n) is 3.26. The number of carbonyl (C=O) groups is 1. The number of carboxylic acid groups (broad SMARTS) is 1. The van der Waals surface area contributed by atoms with Crippen LogP contribution in [0.2, 0.25) is 0 Å². The summed E-state index contributed by atoms with van der Waals surface area (Å²) in [5.41, 5.74) is 0.190. The van der Waals surface area contributed by atoms with Gasteiger partial charge < -0.3 is 9.90 Å². The van der Waals surface area contributed by atoms with Crippen molar-refractivity contribution in [3.05, 3.63) is 29.2 Å². The third kappa shape index (κ3) is 2.56. The van der Waals surface area contributed by atoms with E-state index in [9.17, 15) is 23.2 Å². The molecule has 1 aliphatic rings. The van der Waals surface area contributed by atoms with Gasteiger partial charge in [0.15, 0.2) is 7.05 Å². The first-order valence-electron chi connectivity index (χ1n) is 6.07. The molecule has 1 aromatic rings. The number of nitroso groups, excluding NO2 is 1. The zero-order valence-corrected chi connectivity index (χ0v) is 11.7. The summed E-state index contributed by atoms with van der Waals surface area (Å²) in [5.74, 6) is -1.40. The smallest absolute Gasteiger partial charge is 0.256 e. The lowest BCUT2D eigenvalue weighted by atomic mass is 10.2. The molecule has 0 saturated carbocycles. The lowest BCUT2D eigenvalue weighted by Gasteiger charge is -2.24. The maximum absolute atomic E-state index is 12.4. The van der Waals surface area contributed by atoms with Gasteiger partial charge in [-0.15, -0.1) is 0 Å². The topological polar surface area (TPSA) is 97.6 Å². The van der Waals surface area contributed by atoms with Crippen LogP contribution in [0.25, 0.3) is 0 Å². The molecule has 1 atom stereocenters. The van der Waals surface area contributed by atoms with Crippen LogP contribution in [0.1, 0.15) is 12.8 Å². The molecule has 7 nitrogen and oxygen atoms in total. The van der Waals surface area contributed by atoms with Crippen LogP contribution in [0, 0.1) is 4.91 Å². The number of benzene rings is 1. The number of carbonyl (C=O) groups excluding carboxylic acids is 1. The Bertz CT molecular complexity index is 656. The molecule has 0 amide bonds. The lowest BCUT2D eigenvalue weighted by molar-refractivity contribution is -0.428. The highest BCUT2D eigenvalue weighted by Crippen LogP contribution is 2.27. The van der Waals surface area contributed by atoms with E-state index in [2.05, 4.69) is 0 Å². The van der Waals surface area contributed by atoms with Crippen LogP contribution in [0.3, 0.4) is 0 Å². The van der Waals surface area contributed by atoms with E-state index in [0.717, 1.165) is 4.31 Å². The van der Waals surface area contributed by atoms with Gasteiger partial charge in [0.05, 0.1) is 16.9 Å². The Morgan fingerprint density at radius 2 is 2.15 bits per heavy atom.